The summed E-state index contributed by atoms with van der Waals surface area (Å²) in [6.45, 7) is 2.32. The fourth-order valence-electron chi connectivity index (χ4n) is 3.83. The minimum absolute atomic E-state index is 0.0972. The van der Waals surface area contributed by atoms with Crippen LogP contribution in [0.15, 0.2) is 77.7 Å². The Morgan fingerprint density at radius 3 is 2.24 bits per heavy atom. The van der Waals surface area contributed by atoms with Crippen molar-refractivity contribution in [3.63, 3.8) is 0 Å². The number of piperazine rings is 1. The van der Waals surface area contributed by atoms with E-state index in [0.29, 0.717) is 16.8 Å². The molecule has 0 unspecified atom stereocenters. The Kier molecular flexibility index (Phi) is 6.67. The lowest BCUT2D eigenvalue weighted by Crippen LogP contribution is -2.50. The van der Waals surface area contributed by atoms with Gasteiger partial charge in [-0.3, -0.25) is 9.59 Å². The van der Waals surface area contributed by atoms with Gasteiger partial charge in [0, 0.05) is 31.7 Å². The number of sulfonamides is 1. The standard InChI is InChI=1S/C25H25N3O5S/c1-18-11-12-22(29)23(17-18)34(32,33)28-15-13-27(14-16-28)25(31)20-9-5-6-10-21(20)26-24(30)19-7-3-2-4-8-19/h2-12,17,29H,13-16H2,1H3,(H,26,30). The second-order valence-electron chi connectivity index (χ2n) is 8.03. The van der Waals surface area contributed by atoms with Crippen LogP contribution in [-0.2, 0) is 10.0 Å². The van der Waals surface area contributed by atoms with E-state index in [1.807, 2.05) is 6.07 Å². The van der Waals surface area contributed by atoms with Gasteiger partial charge in [-0.15, -0.1) is 0 Å². The van der Waals surface area contributed by atoms with E-state index in [9.17, 15) is 23.1 Å². The molecule has 1 saturated heterocycles. The molecule has 2 amide bonds. The fraction of sp³-hybridized carbons (Fsp3) is 0.200. The molecule has 1 heterocycles. The first-order chi connectivity index (χ1) is 16.3. The molecule has 0 aliphatic carbocycles. The fourth-order valence-corrected chi connectivity index (χ4v) is 5.42. The minimum atomic E-state index is -3.90. The minimum Gasteiger partial charge on any atom is -0.507 e. The van der Waals surface area contributed by atoms with E-state index in [0.717, 1.165) is 5.56 Å². The summed E-state index contributed by atoms with van der Waals surface area (Å²) in [6, 6.07) is 19.9. The van der Waals surface area contributed by atoms with E-state index in [-0.39, 0.29) is 48.6 Å². The highest BCUT2D eigenvalue weighted by atomic mass is 32.2. The van der Waals surface area contributed by atoms with Crippen LogP contribution in [0.5, 0.6) is 5.75 Å². The van der Waals surface area contributed by atoms with Gasteiger partial charge in [0.15, 0.2) is 0 Å². The first-order valence-electron chi connectivity index (χ1n) is 10.8. The number of carbonyl (C=O) groups excluding carboxylic acids is 2. The number of phenols is 1. The normalized spacial score (nSPS) is 14.6. The van der Waals surface area contributed by atoms with E-state index in [1.165, 1.54) is 16.4 Å². The highest BCUT2D eigenvalue weighted by Crippen LogP contribution is 2.28. The van der Waals surface area contributed by atoms with E-state index in [2.05, 4.69) is 5.32 Å². The number of aromatic hydroxyl groups is 1. The van der Waals surface area contributed by atoms with Crippen molar-refractivity contribution < 1.29 is 23.1 Å². The zero-order valence-electron chi connectivity index (χ0n) is 18.6. The van der Waals surface area contributed by atoms with Gasteiger partial charge in [0.05, 0.1) is 11.3 Å². The number of para-hydroxylation sites is 1. The number of hydrogen-bond acceptors (Lipinski definition) is 5. The molecule has 0 bridgehead atoms. The SMILES string of the molecule is Cc1ccc(O)c(S(=O)(=O)N2CCN(C(=O)c3ccccc3NC(=O)c3ccccc3)CC2)c1. The molecular formula is C25H25N3O5S. The first kappa shape index (κ1) is 23.5. The van der Waals surface area contributed by atoms with Gasteiger partial charge in [-0.25, -0.2) is 8.42 Å². The topological polar surface area (TPSA) is 107 Å². The Morgan fingerprint density at radius 1 is 0.882 bits per heavy atom. The molecule has 8 nitrogen and oxygen atoms in total. The lowest BCUT2D eigenvalue weighted by molar-refractivity contribution is 0.0699. The zero-order valence-corrected chi connectivity index (χ0v) is 19.5. The van der Waals surface area contributed by atoms with Crippen LogP contribution in [0.3, 0.4) is 0 Å². The summed E-state index contributed by atoms with van der Waals surface area (Å²) >= 11 is 0. The lowest BCUT2D eigenvalue weighted by Gasteiger charge is -2.34. The Labute approximate surface area is 198 Å². The monoisotopic (exact) mass is 479 g/mol. The van der Waals surface area contributed by atoms with Crippen LogP contribution in [-0.4, -0.2) is 60.7 Å². The number of anilines is 1. The average Bonchev–Trinajstić information content (AvgIpc) is 2.86. The number of carbonyl (C=O) groups is 2. The van der Waals surface area contributed by atoms with Gasteiger partial charge in [0.2, 0.25) is 10.0 Å². The zero-order chi connectivity index (χ0) is 24.3. The summed E-state index contributed by atoms with van der Waals surface area (Å²) in [5.41, 5.74) is 1.92. The summed E-state index contributed by atoms with van der Waals surface area (Å²) in [5, 5.41) is 12.9. The lowest BCUT2D eigenvalue weighted by atomic mass is 10.1. The molecule has 176 valence electrons. The van der Waals surface area contributed by atoms with Crippen LogP contribution in [0.25, 0.3) is 0 Å². The summed E-state index contributed by atoms with van der Waals surface area (Å²) in [4.78, 5) is 27.2. The predicted molar refractivity (Wildman–Crippen MR) is 128 cm³/mol. The second-order valence-corrected chi connectivity index (χ2v) is 9.94. The van der Waals surface area contributed by atoms with Gasteiger partial charge in [-0.05, 0) is 48.9 Å². The Morgan fingerprint density at radius 2 is 1.53 bits per heavy atom. The Bertz CT molecular complexity index is 1320. The first-order valence-corrected chi connectivity index (χ1v) is 12.3. The van der Waals surface area contributed by atoms with Crippen LogP contribution in [0.4, 0.5) is 5.69 Å². The smallest absolute Gasteiger partial charge is 0.256 e. The number of phenolic OH excluding ortho intramolecular Hbond substituents is 1. The van der Waals surface area contributed by atoms with Gasteiger partial charge in [-0.1, -0.05) is 36.4 Å². The molecule has 1 aliphatic heterocycles. The number of hydrogen-bond donors (Lipinski definition) is 2. The van der Waals surface area contributed by atoms with E-state index >= 15 is 0 Å². The van der Waals surface area contributed by atoms with E-state index in [4.69, 9.17) is 0 Å². The molecule has 1 fully saturated rings. The van der Waals surface area contributed by atoms with E-state index < -0.39 is 10.0 Å². The number of nitrogens with zero attached hydrogens (tertiary/aromatic N) is 2. The quantitative estimate of drug-likeness (QED) is 0.585. The highest BCUT2D eigenvalue weighted by Gasteiger charge is 2.32. The van der Waals surface area contributed by atoms with Gasteiger partial charge >= 0.3 is 0 Å². The molecule has 0 radical (unpaired) electrons. The van der Waals surface area contributed by atoms with Crippen molar-refractivity contribution in [3.8, 4) is 5.75 Å². The molecule has 2 N–H and O–H groups in total. The molecule has 0 atom stereocenters. The number of rotatable bonds is 5. The molecule has 3 aromatic carbocycles. The van der Waals surface area contributed by atoms with Crippen LogP contribution in [0.2, 0.25) is 0 Å². The molecule has 0 aromatic heterocycles. The maximum Gasteiger partial charge on any atom is 0.256 e. The molecule has 34 heavy (non-hydrogen) atoms. The van der Waals surface area contributed by atoms with Crippen LogP contribution in [0, 0.1) is 6.92 Å². The Balaban J connectivity index is 1.47. The van der Waals surface area contributed by atoms with Crippen molar-refractivity contribution in [2.45, 2.75) is 11.8 Å². The number of amides is 2. The summed E-state index contributed by atoms with van der Waals surface area (Å²) in [5.74, 6) is -0.915. The van der Waals surface area contributed by atoms with Crippen LogP contribution >= 0.6 is 0 Å². The molecular weight excluding hydrogens is 454 g/mol. The third-order valence-corrected chi connectivity index (χ3v) is 7.63. The average molecular weight is 480 g/mol. The second kappa shape index (κ2) is 9.66. The number of aryl methyl sites for hydroxylation is 1. The van der Waals surface area contributed by atoms with Gasteiger partial charge < -0.3 is 15.3 Å². The van der Waals surface area contributed by atoms with Crippen molar-refractivity contribution in [1.82, 2.24) is 9.21 Å². The molecule has 3 aromatic rings. The van der Waals surface area contributed by atoms with Crippen molar-refractivity contribution in [2.24, 2.45) is 0 Å². The van der Waals surface area contributed by atoms with E-state index in [1.54, 1.807) is 66.4 Å². The number of benzene rings is 3. The van der Waals surface area contributed by atoms with Gasteiger partial charge in [0.25, 0.3) is 11.8 Å². The summed E-state index contributed by atoms with van der Waals surface area (Å²) in [6.07, 6.45) is 0. The van der Waals surface area contributed by atoms with Crippen molar-refractivity contribution in [1.29, 1.82) is 0 Å². The molecule has 9 heteroatoms. The number of nitrogens with one attached hydrogen (secondary N) is 1. The summed E-state index contributed by atoms with van der Waals surface area (Å²) < 4.78 is 27.3. The van der Waals surface area contributed by atoms with Crippen molar-refractivity contribution in [2.75, 3.05) is 31.5 Å². The summed E-state index contributed by atoms with van der Waals surface area (Å²) in [7, 11) is -3.90. The molecule has 0 saturated carbocycles. The van der Waals surface area contributed by atoms with Gasteiger partial charge in [0.1, 0.15) is 10.6 Å². The predicted octanol–water partition coefficient (Wildman–Crippen LogP) is 3.10. The van der Waals surface area contributed by atoms with Crippen molar-refractivity contribution in [3.05, 3.63) is 89.5 Å². The van der Waals surface area contributed by atoms with Crippen LogP contribution in [0.1, 0.15) is 26.3 Å². The van der Waals surface area contributed by atoms with Crippen molar-refractivity contribution >= 4 is 27.5 Å². The maximum atomic E-state index is 13.2. The Hall–Kier alpha value is -3.69. The molecule has 0 spiro atoms. The molecule has 4 rings (SSSR count). The van der Waals surface area contributed by atoms with Crippen LogP contribution < -0.4 is 5.32 Å². The van der Waals surface area contributed by atoms with Gasteiger partial charge in [-0.2, -0.15) is 4.31 Å². The third kappa shape index (κ3) is 4.80. The third-order valence-electron chi connectivity index (χ3n) is 5.70. The highest BCUT2D eigenvalue weighted by molar-refractivity contribution is 7.89. The maximum absolute atomic E-state index is 13.2. The largest absolute Gasteiger partial charge is 0.507 e. The molecule has 1 aliphatic rings.